The van der Waals surface area contributed by atoms with Gasteiger partial charge in [-0.05, 0) is 42.4 Å². The van der Waals surface area contributed by atoms with Gasteiger partial charge >= 0.3 is 5.97 Å². The number of allylic oxidation sites excluding steroid dienone is 1. The van der Waals surface area contributed by atoms with Gasteiger partial charge in [-0.3, -0.25) is 4.79 Å². The molecule has 0 spiro atoms. The maximum Gasteiger partial charge on any atom is 0.330 e. The zero-order chi connectivity index (χ0) is 24.1. The number of hydrogen-bond donors (Lipinski definition) is 1. The van der Waals surface area contributed by atoms with Gasteiger partial charge in [-0.1, -0.05) is 60.7 Å². The summed E-state index contributed by atoms with van der Waals surface area (Å²) in [5.41, 5.74) is 7.25. The van der Waals surface area contributed by atoms with Crippen LogP contribution in [0.1, 0.15) is 42.3 Å². The molecule has 0 radical (unpaired) electrons. The minimum atomic E-state index is -0.877. The van der Waals surface area contributed by atoms with E-state index in [2.05, 4.69) is 27.0 Å². The Morgan fingerprint density at radius 2 is 1.71 bits per heavy atom. The van der Waals surface area contributed by atoms with Crippen LogP contribution in [-0.4, -0.2) is 23.6 Å². The fourth-order valence-electron chi connectivity index (χ4n) is 5.56. The highest BCUT2D eigenvalue weighted by molar-refractivity contribution is 5.91. The number of carbonyl (C=O) groups excluding carboxylic acids is 2. The number of rotatable bonds is 8. The summed E-state index contributed by atoms with van der Waals surface area (Å²) in [6.07, 6.45) is 10.1. The number of nitrogens with two attached hydrogens (primary N) is 1. The molecule has 1 aliphatic carbocycles. The fourth-order valence-corrected chi connectivity index (χ4v) is 5.56. The second-order valence-electron chi connectivity index (χ2n) is 8.90. The van der Waals surface area contributed by atoms with E-state index in [0.29, 0.717) is 6.54 Å². The van der Waals surface area contributed by atoms with E-state index < -0.39 is 5.41 Å². The summed E-state index contributed by atoms with van der Waals surface area (Å²) in [7, 11) is 1.37. The summed E-state index contributed by atoms with van der Waals surface area (Å²) < 4.78 is 9.05. The van der Waals surface area contributed by atoms with Crippen molar-refractivity contribution in [1.82, 2.24) is 4.57 Å². The molecule has 2 atom stereocenters. The number of primary amides is 1. The first-order valence-electron chi connectivity index (χ1n) is 11.7. The maximum absolute atomic E-state index is 13.3. The van der Waals surface area contributed by atoms with Gasteiger partial charge in [-0.25, -0.2) is 13.9 Å². The van der Waals surface area contributed by atoms with Crippen molar-refractivity contribution in [2.45, 2.75) is 44.2 Å². The number of nitrogens with zero attached hydrogens (tertiary/aromatic N) is 2. The van der Waals surface area contributed by atoms with Crippen LogP contribution in [0.5, 0.6) is 0 Å². The van der Waals surface area contributed by atoms with Crippen molar-refractivity contribution in [3.63, 3.8) is 0 Å². The van der Waals surface area contributed by atoms with E-state index in [4.69, 9.17) is 5.73 Å². The molecule has 1 heterocycles. The number of aromatic nitrogens is 2. The summed E-state index contributed by atoms with van der Waals surface area (Å²) in [5, 5.41) is 0. The topological polar surface area (TPSA) is 78.2 Å². The molecule has 3 aromatic rings. The molecule has 0 bridgehead atoms. The molecule has 34 heavy (non-hydrogen) atoms. The molecule has 0 unspecified atom stereocenters. The van der Waals surface area contributed by atoms with Crippen LogP contribution in [0.2, 0.25) is 0 Å². The number of benzene rings is 2. The van der Waals surface area contributed by atoms with Crippen molar-refractivity contribution >= 4 is 11.9 Å². The molecule has 0 aliphatic heterocycles. The molecule has 176 valence electrons. The van der Waals surface area contributed by atoms with Gasteiger partial charge in [0, 0.05) is 13.0 Å². The predicted molar refractivity (Wildman–Crippen MR) is 130 cm³/mol. The van der Waals surface area contributed by atoms with Gasteiger partial charge in [-0.15, -0.1) is 0 Å². The Morgan fingerprint density at radius 3 is 2.26 bits per heavy atom. The van der Waals surface area contributed by atoms with E-state index in [0.717, 1.165) is 36.2 Å². The van der Waals surface area contributed by atoms with Crippen molar-refractivity contribution < 1.29 is 18.9 Å². The van der Waals surface area contributed by atoms with Gasteiger partial charge < -0.3 is 10.5 Å². The molecular weight excluding hydrogens is 426 g/mol. The van der Waals surface area contributed by atoms with Crippen LogP contribution in [0.15, 0.2) is 85.2 Å². The van der Waals surface area contributed by atoms with Crippen molar-refractivity contribution in [3.05, 3.63) is 102 Å². The molecule has 6 nitrogen and oxygen atoms in total. The van der Waals surface area contributed by atoms with E-state index in [1.54, 1.807) is 6.08 Å². The highest BCUT2D eigenvalue weighted by Crippen LogP contribution is 2.49. The lowest BCUT2D eigenvalue weighted by atomic mass is 9.64. The lowest BCUT2D eigenvalue weighted by Crippen LogP contribution is -2.47. The minimum Gasteiger partial charge on any atom is -0.466 e. The smallest absolute Gasteiger partial charge is 0.330 e. The highest BCUT2D eigenvalue weighted by Gasteiger charge is 2.51. The third-order valence-corrected chi connectivity index (χ3v) is 7.21. The number of carbonyl (C=O) groups is 2. The van der Waals surface area contributed by atoms with E-state index in [9.17, 15) is 9.59 Å². The summed E-state index contributed by atoms with van der Waals surface area (Å²) in [6, 6.07) is 20.2. The second kappa shape index (κ2) is 10.1. The summed E-state index contributed by atoms with van der Waals surface area (Å²) in [6.45, 7) is 2.67. The monoisotopic (exact) mass is 458 g/mol. The Bertz CT molecular complexity index is 1130. The molecule has 2 aromatic carbocycles. The van der Waals surface area contributed by atoms with E-state index >= 15 is 0 Å². The molecule has 6 heteroatoms. The van der Waals surface area contributed by atoms with Crippen molar-refractivity contribution in [3.8, 4) is 0 Å². The van der Waals surface area contributed by atoms with Gasteiger partial charge in [0.1, 0.15) is 30.4 Å². The van der Waals surface area contributed by atoms with Crippen molar-refractivity contribution in [1.29, 1.82) is 0 Å². The average molecular weight is 459 g/mol. The fraction of sp³-hybridized carbons (Fsp3) is 0.321. The molecular formula is C28H32N3O3+. The summed E-state index contributed by atoms with van der Waals surface area (Å²) in [4.78, 5) is 24.6. The van der Waals surface area contributed by atoms with Crippen LogP contribution < -0.4 is 10.3 Å². The SMILES string of the molecule is COC(=O)/C=C/C[n+]1ccn([C@H]2CC[C@@H](C(C(N)=O)(c3ccccc3)c3ccccc3)C2)c1C. The number of esters is 1. The Balaban J connectivity index is 1.65. The van der Waals surface area contributed by atoms with E-state index in [1.807, 2.05) is 66.9 Å². The summed E-state index contributed by atoms with van der Waals surface area (Å²) in [5.74, 6) is 0.516. The molecule has 1 saturated carbocycles. The standard InChI is InChI=1S/C28H31N3O3/c1-21-30(17-9-14-26(32)34-2)18-19-31(21)25-16-15-24(20-25)28(27(29)33,22-10-5-3-6-11-22)23-12-7-4-8-13-23/h3-14,18-19,24-25H,15-17,20H2,1-2H3,(H-,29,33)/p+1/b14-9+/t24-,25+/m1/s1. The third kappa shape index (κ3) is 4.28. The number of amides is 1. The van der Waals surface area contributed by atoms with Gasteiger partial charge in [0.2, 0.25) is 5.91 Å². The minimum absolute atomic E-state index is 0.0780. The quantitative estimate of drug-likeness (QED) is 0.318. The number of methoxy groups -OCH3 is 1. The average Bonchev–Trinajstić information content (AvgIpc) is 3.48. The Hall–Kier alpha value is -3.67. The zero-order valence-electron chi connectivity index (χ0n) is 19.8. The van der Waals surface area contributed by atoms with Crippen molar-refractivity contribution in [2.24, 2.45) is 11.7 Å². The lowest BCUT2D eigenvalue weighted by Gasteiger charge is -2.37. The zero-order valence-corrected chi connectivity index (χ0v) is 19.8. The normalized spacial score (nSPS) is 18.3. The Morgan fingerprint density at radius 1 is 1.09 bits per heavy atom. The van der Waals surface area contributed by atoms with Gasteiger partial charge in [0.25, 0.3) is 5.82 Å². The van der Waals surface area contributed by atoms with Crippen molar-refractivity contribution in [2.75, 3.05) is 7.11 Å². The predicted octanol–water partition coefficient (Wildman–Crippen LogP) is 3.63. The van der Waals surface area contributed by atoms with Crippen LogP contribution in [0.25, 0.3) is 0 Å². The first-order valence-corrected chi connectivity index (χ1v) is 11.7. The lowest BCUT2D eigenvalue weighted by molar-refractivity contribution is -0.692. The van der Waals surface area contributed by atoms with E-state index in [-0.39, 0.29) is 23.8 Å². The first kappa shape index (κ1) is 23.5. The number of hydrogen-bond acceptors (Lipinski definition) is 3. The van der Waals surface area contributed by atoms with E-state index in [1.165, 1.54) is 13.2 Å². The van der Waals surface area contributed by atoms with Crippen LogP contribution in [-0.2, 0) is 26.3 Å². The molecule has 1 aliphatic rings. The second-order valence-corrected chi connectivity index (χ2v) is 8.90. The number of imidazole rings is 1. The third-order valence-electron chi connectivity index (χ3n) is 7.21. The molecule has 1 fully saturated rings. The Labute approximate surface area is 200 Å². The van der Waals surface area contributed by atoms with Crippen LogP contribution in [0, 0.1) is 12.8 Å². The van der Waals surface area contributed by atoms with Crippen LogP contribution in [0.4, 0.5) is 0 Å². The molecule has 4 rings (SSSR count). The largest absolute Gasteiger partial charge is 0.466 e. The maximum atomic E-state index is 13.3. The van der Waals surface area contributed by atoms with Gasteiger partial charge in [-0.2, -0.15) is 0 Å². The highest BCUT2D eigenvalue weighted by atomic mass is 16.5. The van der Waals surface area contributed by atoms with Crippen LogP contribution in [0.3, 0.4) is 0 Å². The molecule has 1 amide bonds. The molecule has 2 N–H and O–H groups in total. The molecule has 0 saturated heterocycles. The summed E-state index contributed by atoms with van der Waals surface area (Å²) >= 11 is 0. The first-order chi connectivity index (χ1) is 16.5. The van der Waals surface area contributed by atoms with Gasteiger partial charge in [0.15, 0.2) is 0 Å². The number of ether oxygens (including phenoxy) is 1. The Kier molecular flexibility index (Phi) is 6.96. The molecule has 1 aromatic heterocycles. The van der Waals surface area contributed by atoms with Crippen LogP contribution >= 0.6 is 0 Å². The van der Waals surface area contributed by atoms with Gasteiger partial charge in [0.05, 0.1) is 7.11 Å².